The van der Waals surface area contributed by atoms with Crippen LogP contribution in [-0.4, -0.2) is 0 Å². The van der Waals surface area contributed by atoms with Crippen LogP contribution in [0.1, 0.15) is 36.1 Å². The average molecular weight is 677 g/mol. The van der Waals surface area contributed by atoms with Gasteiger partial charge in [-0.3, -0.25) is 0 Å². The van der Waals surface area contributed by atoms with E-state index in [1.807, 2.05) is 24.3 Å². The molecule has 8 aromatic rings. The van der Waals surface area contributed by atoms with E-state index >= 15 is 0 Å². The van der Waals surface area contributed by atoms with Gasteiger partial charge in [0.2, 0.25) is 0 Å². The Balaban J connectivity index is 1.12. The van der Waals surface area contributed by atoms with Gasteiger partial charge in [0, 0.05) is 5.41 Å². The Morgan fingerprint density at radius 2 is 1.00 bits per heavy atom. The maximum absolute atomic E-state index is 3.89. The first-order valence-corrected chi connectivity index (χ1v) is 18.4. The molecule has 1 aliphatic rings. The second-order valence-electron chi connectivity index (χ2n) is 14.7. The van der Waals surface area contributed by atoms with E-state index in [9.17, 15) is 0 Å². The lowest BCUT2D eigenvalue weighted by Gasteiger charge is -2.22. The van der Waals surface area contributed by atoms with E-state index in [1.54, 1.807) is 0 Å². The number of fused-ring (bicyclic) bond motifs is 7. The summed E-state index contributed by atoms with van der Waals surface area (Å²) in [5, 5.41) is 7.42. The summed E-state index contributed by atoms with van der Waals surface area (Å²) in [5.74, 6) is 0. The van der Waals surface area contributed by atoms with E-state index in [2.05, 4.69) is 185 Å². The monoisotopic (exact) mass is 676 g/mol. The molecule has 1 aliphatic carbocycles. The van der Waals surface area contributed by atoms with E-state index in [1.165, 1.54) is 88.0 Å². The van der Waals surface area contributed by atoms with Crippen LogP contribution in [0.15, 0.2) is 183 Å². The highest BCUT2D eigenvalue weighted by Gasteiger charge is 2.35. The molecule has 0 amide bonds. The van der Waals surface area contributed by atoms with Crippen molar-refractivity contribution < 1.29 is 0 Å². The summed E-state index contributed by atoms with van der Waals surface area (Å²) in [7, 11) is 0. The minimum atomic E-state index is -0.0239. The first-order valence-electron chi connectivity index (χ1n) is 18.4. The van der Waals surface area contributed by atoms with Gasteiger partial charge in [0.15, 0.2) is 0 Å². The van der Waals surface area contributed by atoms with Crippen LogP contribution in [0.5, 0.6) is 0 Å². The Bertz CT molecular complexity index is 2840. The average Bonchev–Trinajstić information content (AvgIpc) is 3.43. The summed E-state index contributed by atoms with van der Waals surface area (Å²) in [6.45, 7) is 12.5. The van der Waals surface area contributed by atoms with Gasteiger partial charge in [-0.05, 0) is 142 Å². The molecule has 0 N–H and O–H groups in total. The Labute approximate surface area is 312 Å². The van der Waals surface area contributed by atoms with Gasteiger partial charge in [-0.15, -0.1) is 0 Å². The van der Waals surface area contributed by atoms with E-state index in [4.69, 9.17) is 0 Å². The fourth-order valence-electron chi connectivity index (χ4n) is 8.42. The highest BCUT2D eigenvalue weighted by atomic mass is 14.4. The zero-order valence-corrected chi connectivity index (χ0v) is 30.2. The number of allylic oxidation sites excluding steroid dienone is 4. The summed E-state index contributed by atoms with van der Waals surface area (Å²) in [5.41, 5.74) is 15.1. The van der Waals surface area contributed by atoms with Crippen molar-refractivity contribution in [2.45, 2.75) is 19.3 Å². The molecule has 0 radical (unpaired) electrons. The number of hydrogen-bond acceptors (Lipinski definition) is 0. The van der Waals surface area contributed by atoms with E-state index in [0.717, 1.165) is 11.1 Å². The van der Waals surface area contributed by atoms with Gasteiger partial charge in [-0.25, -0.2) is 0 Å². The molecule has 0 bridgehead atoms. The van der Waals surface area contributed by atoms with Gasteiger partial charge >= 0.3 is 0 Å². The van der Waals surface area contributed by atoms with Crippen molar-refractivity contribution in [3.8, 4) is 44.5 Å². The normalized spacial score (nSPS) is 13.2. The summed E-state index contributed by atoms with van der Waals surface area (Å²) in [4.78, 5) is 0. The van der Waals surface area contributed by atoms with Crippen molar-refractivity contribution in [2.24, 2.45) is 0 Å². The predicted molar refractivity (Wildman–Crippen MR) is 231 cm³/mol. The van der Waals surface area contributed by atoms with E-state index in [-0.39, 0.29) is 5.41 Å². The first kappa shape index (κ1) is 32.4. The molecule has 0 aliphatic heterocycles. The third-order valence-corrected chi connectivity index (χ3v) is 11.2. The van der Waals surface area contributed by atoms with E-state index in [0.29, 0.717) is 0 Å². The Hall–Kier alpha value is -6.50. The number of benzene rings is 8. The van der Waals surface area contributed by atoms with Crippen LogP contribution in [0.25, 0.3) is 89.0 Å². The lowest BCUT2D eigenvalue weighted by molar-refractivity contribution is 0.660. The summed E-state index contributed by atoms with van der Waals surface area (Å²) < 4.78 is 0. The third kappa shape index (κ3) is 5.55. The van der Waals surface area contributed by atoms with Gasteiger partial charge in [0.1, 0.15) is 0 Å². The number of rotatable bonds is 7. The fraction of sp³-hybridized carbons (Fsp3) is 0.0566. The zero-order chi connectivity index (χ0) is 36.1. The van der Waals surface area contributed by atoms with Gasteiger partial charge in [0.05, 0.1) is 0 Å². The molecule has 9 rings (SSSR count). The quantitative estimate of drug-likeness (QED) is 0.116. The van der Waals surface area contributed by atoms with Crippen LogP contribution in [0.2, 0.25) is 0 Å². The minimum Gasteiger partial charge on any atom is -0.0991 e. The van der Waals surface area contributed by atoms with Crippen molar-refractivity contribution in [2.75, 3.05) is 0 Å². The molecule has 0 aromatic heterocycles. The standard InChI is InChI=1S/C53H40/c1-5-7-14-36-31-44-33-49(45-18-9-10-19-46(45)50(44)32-38(36)15-8-6-2)42-17-13-16-37(28-42)39-24-22-35-23-25-40(30-43(35)29-39)41-26-27-48-47-20-11-12-21-51(47)53(3,4)52(48)34-41/h5-34H,1-2H2,3-4H3/b14-7-,15-8-. The highest BCUT2D eigenvalue weighted by Crippen LogP contribution is 2.49. The minimum absolute atomic E-state index is 0.0239. The largest absolute Gasteiger partial charge is 0.0991 e. The predicted octanol–water partition coefficient (Wildman–Crippen LogP) is 14.9. The fourth-order valence-corrected chi connectivity index (χ4v) is 8.42. The third-order valence-electron chi connectivity index (χ3n) is 11.2. The van der Waals surface area contributed by atoms with Crippen molar-refractivity contribution in [3.05, 3.63) is 205 Å². The lowest BCUT2D eigenvalue weighted by atomic mass is 9.81. The van der Waals surface area contributed by atoms with Crippen LogP contribution >= 0.6 is 0 Å². The molecular weight excluding hydrogens is 637 g/mol. The van der Waals surface area contributed by atoms with Crippen LogP contribution in [-0.2, 0) is 5.41 Å². The van der Waals surface area contributed by atoms with Crippen LogP contribution < -0.4 is 0 Å². The van der Waals surface area contributed by atoms with Crippen molar-refractivity contribution in [3.63, 3.8) is 0 Å². The number of hydrogen-bond donors (Lipinski definition) is 0. The topological polar surface area (TPSA) is 0 Å². The summed E-state index contributed by atoms with van der Waals surface area (Å²) in [6, 6.07) is 54.3. The molecule has 0 saturated carbocycles. The van der Waals surface area contributed by atoms with Gasteiger partial charge in [0.25, 0.3) is 0 Å². The second kappa shape index (κ2) is 12.9. The second-order valence-corrected chi connectivity index (χ2v) is 14.7. The van der Waals surface area contributed by atoms with Crippen molar-refractivity contribution >= 4 is 44.5 Å². The van der Waals surface area contributed by atoms with Crippen LogP contribution in [0.3, 0.4) is 0 Å². The molecule has 8 aromatic carbocycles. The van der Waals surface area contributed by atoms with Gasteiger partial charge in [-0.2, -0.15) is 0 Å². The molecule has 0 heteroatoms. The summed E-state index contributed by atoms with van der Waals surface area (Å²) >= 11 is 0. The van der Waals surface area contributed by atoms with Crippen molar-refractivity contribution in [1.82, 2.24) is 0 Å². The first-order chi connectivity index (χ1) is 25.9. The molecule has 0 nitrogen and oxygen atoms in total. The van der Waals surface area contributed by atoms with Crippen LogP contribution in [0, 0.1) is 0 Å². The maximum atomic E-state index is 3.89. The smallest absolute Gasteiger partial charge is 0.0159 e. The molecule has 0 spiro atoms. The van der Waals surface area contributed by atoms with Crippen LogP contribution in [0.4, 0.5) is 0 Å². The molecule has 53 heavy (non-hydrogen) atoms. The SMILES string of the molecule is C=C/C=C\c1cc2cc(-c3cccc(-c4ccc5ccc(-c6ccc7c(c6)C(C)(C)c6ccccc6-7)cc5c4)c3)c3ccccc3c2cc1/C=C\C=C. The zero-order valence-electron chi connectivity index (χ0n) is 30.2. The maximum Gasteiger partial charge on any atom is 0.0159 e. The van der Waals surface area contributed by atoms with Gasteiger partial charge in [-0.1, -0.05) is 167 Å². The van der Waals surface area contributed by atoms with E-state index < -0.39 is 0 Å². The Kier molecular flexibility index (Phi) is 7.90. The lowest BCUT2D eigenvalue weighted by Crippen LogP contribution is -2.14. The Morgan fingerprint density at radius 3 is 1.75 bits per heavy atom. The highest BCUT2D eigenvalue weighted by molar-refractivity contribution is 6.15. The van der Waals surface area contributed by atoms with Gasteiger partial charge < -0.3 is 0 Å². The molecular formula is C53H40. The summed E-state index contributed by atoms with van der Waals surface area (Å²) in [6.07, 6.45) is 11.9. The molecule has 0 atom stereocenters. The molecule has 0 saturated heterocycles. The van der Waals surface area contributed by atoms with Crippen molar-refractivity contribution in [1.29, 1.82) is 0 Å². The molecule has 0 unspecified atom stereocenters. The molecule has 0 heterocycles. The molecule has 0 fully saturated rings. The molecule has 252 valence electrons. The Morgan fingerprint density at radius 1 is 0.396 bits per heavy atom.